The Morgan fingerprint density at radius 1 is 1.04 bits per heavy atom. The predicted octanol–water partition coefficient (Wildman–Crippen LogP) is 6.17. The highest BCUT2D eigenvalue weighted by molar-refractivity contribution is 6.31. The minimum Gasteiger partial charge on any atom is -0.464 e. The largest absolute Gasteiger partial charge is 0.464 e. The number of piperidine rings is 1. The van der Waals surface area contributed by atoms with Crippen LogP contribution in [0.4, 0.5) is 9.18 Å². The van der Waals surface area contributed by atoms with Gasteiger partial charge in [0, 0.05) is 49.4 Å². The summed E-state index contributed by atoms with van der Waals surface area (Å²) < 4.78 is 26.8. The number of nitrogens with zero attached hydrogens (tertiary/aromatic N) is 5. The molecular weight excluding hydrogens is 663 g/mol. The average molecular weight is 697 g/mol. The lowest BCUT2D eigenvalue weighted by molar-refractivity contribution is -0.0364. The van der Waals surface area contributed by atoms with Crippen LogP contribution in [0.5, 0.6) is 5.75 Å². The van der Waals surface area contributed by atoms with Crippen molar-refractivity contribution in [2.24, 2.45) is 7.05 Å². The third-order valence-electron chi connectivity index (χ3n) is 9.00. The van der Waals surface area contributed by atoms with Crippen LogP contribution in [0, 0.1) is 5.82 Å². The number of aryl methyl sites for hydroxylation is 1. The number of aromatic nitrogens is 4. The van der Waals surface area contributed by atoms with Crippen LogP contribution in [0.25, 0.3) is 33.6 Å². The molecule has 4 heterocycles. The van der Waals surface area contributed by atoms with Gasteiger partial charge >= 0.3 is 6.09 Å². The SMILES string of the molecule is Cn1nc2c(=O)n(CC3(O)CCN(Cc4ccc(-c5ccco5)cc4Cl)CC3)cnc2c1-c1ccc(CNC(=O)Oc2ccc(F)cc2)cc1. The molecule has 6 aromatic rings. The van der Waals surface area contributed by atoms with E-state index in [1.807, 2.05) is 54.6 Å². The standard InChI is InChI=1S/C37H34ClFN6O5/c1-43-34(25-6-4-24(5-7-25)20-40-36(47)50-29-12-10-28(39)11-13-29)32-33(42-43)35(46)45(23-41-32)22-37(48)14-16-44(17-15-37)21-27-9-8-26(19-30(27)38)31-3-2-18-49-31/h2-13,18-19,23,48H,14-17,20-22H2,1H3,(H,40,47). The fourth-order valence-corrected chi connectivity index (χ4v) is 6.49. The van der Waals surface area contributed by atoms with Gasteiger partial charge in [-0.1, -0.05) is 48.0 Å². The van der Waals surface area contributed by atoms with Crippen LogP contribution >= 0.6 is 11.6 Å². The summed E-state index contributed by atoms with van der Waals surface area (Å²) in [5.41, 5.74) is 3.47. The maximum absolute atomic E-state index is 13.6. The summed E-state index contributed by atoms with van der Waals surface area (Å²) in [4.78, 5) is 32.6. The summed E-state index contributed by atoms with van der Waals surface area (Å²) in [6.07, 6.45) is 3.42. The van der Waals surface area contributed by atoms with Crippen molar-refractivity contribution in [2.45, 2.75) is 38.1 Å². The van der Waals surface area contributed by atoms with Gasteiger partial charge in [0.2, 0.25) is 0 Å². The van der Waals surface area contributed by atoms with Crippen molar-refractivity contribution in [1.29, 1.82) is 0 Å². The number of hydrogen-bond donors (Lipinski definition) is 2. The highest BCUT2D eigenvalue weighted by Crippen LogP contribution is 2.30. The van der Waals surface area contributed by atoms with Gasteiger partial charge in [-0.05, 0) is 66.4 Å². The lowest BCUT2D eigenvalue weighted by Crippen LogP contribution is -2.47. The zero-order valence-electron chi connectivity index (χ0n) is 27.2. The van der Waals surface area contributed by atoms with Gasteiger partial charge < -0.3 is 19.6 Å². The first-order valence-electron chi connectivity index (χ1n) is 16.1. The van der Waals surface area contributed by atoms with Crippen molar-refractivity contribution < 1.29 is 23.4 Å². The number of hydrogen-bond acceptors (Lipinski definition) is 8. The van der Waals surface area contributed by atoms with Gasteiger partial charge in [0.25, 0.3) is 5.56 Å². The zero-order valence-corrected chi connectivity index (χ0v) is 27.9. The molecular formula is C37H34ClFN6O5. The van der Waals surface area contributed by atoms with Crippen LogP contribution in [-0.4, -0.2) is 54.1 Å². The molecule has 3 aromatic carbocycles. The van der Waals surface area contributed by atoms with Crippen molar-refractivity contribution in [3.8, 4) is 28.3 Å². The first kappa shape index (κ1) is 33.2. The highest BCUT2D eigenvalue weighted by atomic mass is 35.5. The topological polar surface area (TPSA) is 128 Å². The number of likely N-dealkylation sites (tertiary alicyclic amines) is 1. The molecule has 0 aliphatic carbocycles. The Kier molecular flexibility index (Phi) is 9.23. The number of carbonyl (C=O) groups excluding carboxylic acids is 1. The molecule has 1 fully saturated rings. The van der Waals surface area contributed by atoms with Crippen molar-refractivity contribution in [2.75, 3.05) is 13.1 Å². The van der Waals surface area contributed by atoms with E-state index >= 15 is 0 Å². The van der Waals surface area contributed by atoms with Gasteiger partial charge in [-0.15, -0.1) is 0 Å². The normalized spacial score (nSPS) is 14.6. The lowest BCUT2D eigenvalue weighted by atomic mass is 9.91. The molecule has 3 aromatic heterocycles. The maximum atomic E-state index is 13.6. The fraction of sp³-hybridized carbons (Fsp3) is 0.243. The first-order valence-corrected chi connectivity index (χ1v) is 16.5. The summed E-state index contributed by atoms with van der Waals surface area (Å²) in [6.45, 7) is 2.26. The molecule has 13 heteroatoms. The molecule has 0 atom stereocenters. The van der Waals surface area contributed by atoms with Crippen LogP contribution in [-0.2, 0) is 26.7 Å². The number of fused-ring (bicyclic) bond motifs is 1. The van der Waals surface area contributed by atoms with Gasteiger partial charge in [0.15, 0.2) is 5.52 Å². The maximum Gasteiger partial charge on any atom is 0.412 e. The van der Waals surface area contributed by atoms with E-state index in [-0.39, 0.29) is 29.9 Å². The van der Waals surface area contributed by atoms with Crippen LogP contribution in [0.3, 0.4) is 0 Å². The van der Waals surface area contributed by atoms with E-state index in [1.165, 1.54) is 35.2 Å². The molecule has 0 bridgehead atoms. The van der Waals surface area contributed by atoms with E-state index in [0.717, 1.165) is 28.0 Å². The van der Waals surface area contributed by atoms with Crippen LogP contribution in [0.1, 0.15) is 24.0 Å². The van der Waals surface area contributed by atoms with Crippen molar-refractivity contribution >= 4 is 28.7 Å². The molecule has 0 unspecified atom stereocenters. The van der Waals surface area contributed by atoms with Crippen molar-refractivity contribution in [1.82, 2.24) is 29.5 Å². The molecule has 0 saturated carbocycles. The van der Waals surface area contributed by atoms with Crippen LogP contribution in [0.2, 0.25) is 5.02 Å². The number of nitrogens with one attached hydrogen (secondary N) is 1. The second-order valence-corrected chi connectivity index (χ2v) is 12.9. The number of benzene rings is 3. The summed E-state index contributed by atoms with van der Waals surface area (Å²) in [6, 6.07) is 22.2. The van der Waals surface area contributed by atoms with Gasteiger partial charge in [0.1, 0.15) is 22.8 Å². The average Bonchev–Trinajstić information content (AvgIpc) is 3.77. The monoisotopic (exact) mass is 696 g/mol. The van der Waals surface area contributed by atoms with Gasteiger partial charge in [-0.3, -0.25) is 18.9 Å². The summed E-state index contributed by atoms with van der Waals surface area (Å²) in [5.74, 6) is 0.578. The molecule has 11 nitrogen and oxygen atoms in total. The number of aliphatic hydroxyl groups is 1. The van der Waals surface area contributed by atoms with E-state index in [4.69, 9.17) is 20.8 Å². The Morgan fingerprint density at radius 3 is 2.48 bits per heavy atom. The minimum atomic E-state index is -1.07. The van der Waals surface area contributed by atoms with E-state index in [0.29, 0.717) is 48.7 Å². The number of amides is 1. The molecule has 1 aliphatic rings. The Hall–Kier alpha value is -5.30. The van der Waals surface area contributed by atoms with Gasteiger partial charge in [-0.2, -0.15) is 5.10 Å². The van der Waals surface area contributed by atoms with E-state index in [1.54, 1.807) is 18.0 Å². The minimum absolute atomic E-state index is 0.110. The predicted molar refractivity (Wildman–Crippen MR) is 186 cm³/mol. The molecule has 50 heavy (non-hydrogen) atoms. The van der Waals surface area contributed by atoms with Crippen molar-refractivity contribution in [3.63, 3.8) is 0 Å². The molecule has 2 N–H and O–H groups in total. The highest BCUT2D eigenvalue weighted by Gasteiger charge is 2.33. The summed E-state index contributed by atoms with van der Waals surface area (Å²) in [7, 11) is 1.75. The van der Waals surface area contributed by atoms with E-state index in [9.17, 15) is 19.1 Å². The number of ether oxygens (including phenoxy) is 1. The number of furan rings is 1. The molecule has 1 amide bonds. The van der Waals surface area contributed by atoms with E-state index in [2.05, 4.69) is 20.3 Å². The third-order valence-corrected chi connectivity index (χ3v) is 9.36. The molecule has 1 aliphatic heterocycles. The Labute approximate surface area is 291 Å². The number of halogens is 2. The number of carbonyl (C=O) groups is 1. The quantitative estimate of drug-likeness (QED) is 0.184. The molecule has 0 spiro atoms. The summed E-state index contributed by atoms with van der Waals surface area (Å²) in [5, 5.41) is 19.3. The Bertz CT molecular complexity index is 2190. The molecule has 0 radical (unpaired) electrons. The zero-order chi connectivity index (χ0) is 34.8. The van der Waals surface area contributed by atoms with Crippen LogP contribution < -0.4 is 15.6 Å². The summed E-state index contributed by atoms with van der Waals surface area (Å²) >= 11 is 6.61. The van der Waals surface area contributed by atoms with Gasteiger partial charge in [0.05, 0.1) is 30.4 Å². The Balaban J connectivity index is 0.975. The second-order valence-electron chi connectivity index (χ2n) is 12.5. The van der Waals surface area contributed by atoms with Crippen LogP contribution in [0.15, 0.2) is 101 Å². The fourth-order valence-electron chi connectivity index (χ4n) is 6.25. The Morgan fingerprint density at radius 2 is 1.78 bits per heavy atom. The molecule has 7 rings (SSSR count). The van der Waals surface area contributed by atoms with E-state index < -0.39 is 17.5 Å². The second kappa shape index (κ2) is 13.9. The third kappa shape index (κ3) is 7.18. The lowest BCUT2D eigenvalue weighted by Gasteiger charge is -2.38. The smallest absolute Gasteiger partial charge is 0.412 e. The number of rotatable bonds is 9. The van der Waals surface area contributed by atoms with Gasteiger partial charge in [-0.25, -0.2) is 14.2 Å². The first-order chi connectivity index (χ1) is 24.1. The molecule has 256 valence electrons. The molecule has 1 saturated heterocycles. The van der Waals surface area contributed by atoms with Crippen molar-refractivity contribution in [3.05, 3.63) is 124 Å².